The van der Waals surface area contributed by atoms with E-state index in [1.165, 1.54) is 0 Å². The highest BCUT2D eigenvalue weighted by molar-refractivity contribution is 9.10. The van der Waals surface area contributed by atoms with Gasteiger partial charge in [0.05, 0.1) is 6.61 Å². The van der Waals surface area contributed by atoms with Crippen LogP contribution in [-0.4, -0.2) is 18.4 Å². The fourth-order valence-electron chi connectivity index (χ4n) is 2.08. The topological polar surface area (TPSA) is 43.4 Å². The molecule has 0 heterocycles. The van der Waals surface area contributed by atoms with Crippen molar-refractivity contribution < 1.29 is 14.3 Å². The standard InChI is InChI=1S/C19H17BrO3/c1-2-23-19(22)16(12-15-10-6-7-11-17(15)20)13-18(21)14-8-4-3-5-9-14/h3-12H,2,13H2,1H3/b16-12+. The Morgan fingerprint density at radius 1 is 1.04 bits per heavy atom. The van der Waals surface area contributed by atoms with Crippen molar-refractivity contribution in [2.24, 2.45) is 0 Å². The van der Waals surface area contributed by atoms with Gasteiger partial charge >= 0.3 is 5.97 Å². The van der Waals surface area contributed by atoms with Crippen LogP contribution in [0.25, 0.3) is 6.08 Å². The maximum Gasteiger partial charge on any atom is 0.334 e. The molecule has 0 radical (unpaired) electrons. The van der Waals surface area contributed by atoms with Crippen LogP contribution >= 0.6 is 15.9 Å². The fourth-order valence-corrected chi connectivity index (χ4v) is 2.48. The summed E-state index contributed by atoms with van der Waals surface area (Å²) in [6.07, 6.45) is 1.70. The van der Waals surface area contributed by atoms with Gasteiger partial charge < -0.3 is 4.74 Å². The Labute approximate surface area is 144 Å². The van der Waals surface area contributed by atoms with Gasteiger partial charge in [-0.15, -0.1) is 0 Å². The van der Waals surface area contributed by atoms with Crippen LogP contribution in [0.15, 0.2) is 64.6 Å². The van der Waals surface area contributed by atoms with Crippen LogP contribution in [0.2, 0.25) is 0 Å². The molecule has 0 unspecified atom stereocenters. The number of esters is 1. The fraction of sp³-hybridized carbons (Fsp3) is 0.158. The molecule has 0 aliphatic heterocycles. The van der Waals surface area contributed by atoms with E-state index in [1.807, 2.05) is 30.3 Å². The summed E-state index contributed by atoms with van der Waals surface area (Å²) in [5.74, 6) is -0.579. The Morgan fingerprint density at radius 3 is 2.35 bits per heavy atom. The molecule has 3 nitrogen and oxygen atoms in total. The molecule has 0 bridgehead atoms. The van der Waals surface area contributed by atoms with Gasteiger partial charge in [-0.3, -0.25) is 4.79 Å². The van der Waals surface area contributed by atoms with E-state index in [9.17, 15) is 9.59 Å². The minimum atomic E-state index is -0.465. The van der Waals surface area contributed by atoms with Gasteiger partial charge in [-0.1, -0.05) is 64.5 Å². The summed E-state index contributed by atoms with van der Waals surface area (Å²) in [6.45, 7) is 2.01. The van der Waals surface area contributed by atoms with Crippen molar-refractivity contribution in [2.45, 2.75) is 13.3 Å². The Kier molecular flexibility index (Phi) is 6.29. The second-order valence-electron chi connectivity index (χ2n) is 4.88. The first-order valence-corrected chi connectivity index (χ1v) is 8.11. The molecule has 0 fully saturated rings. The van der Waals surface area contributed by atoms with Crippen LogP contribution < -0.4 is 0 Å². The van der Waals surface area contributed by atoms with E-state index >= 15 is 0 Å². The molecule has 2 aromatic carbocycles. The Morgan fingerprint density at radius 2 is 1.70 bits per heavy atom. The quantitative estimate of drug-likeness (QED) is 0.420. The van der Waals surface area contributed by atoms with Crippen molar-refractivity contribution in [3.8, 4) is 0 Å². The number of benzene rings is 2. The molecule has 0 aliphatic rings. The molecule has 0 saturated heterocycles. The van der Waals surface area contributed by atoms with Crippen LogP contribution in [-0.2, 0) is 9.53 Å². The number of rotatable bonds is 6. The molecule has 2 rings (SSSR count). The van der Waals surface area contributed by atoms with Crippen molar-refractivity contribution in [1.29, 1.82) is 0 Å². The van der Waals surface area contributed by atoms with Crippen LogP contribution in [0.3, 0.4) is 0 Å². The second kappa shape index (κ2) is 8.44. The summed E-state index contributed by atoms with van der Waals surface area (Å²) >= 11 is 3.44. The van der Waals surface area contributed by atoms with Gasteiger partial charge in [0.15, 0.2) is 5.78 Å². The molecular weight excluding hydrogens is 356 g/mol. The van der Waals surface area contributed by atoms with Crippen LogP contribution in [0.5, 0.6) is 0 Å². The number of ketones is 1. The zero-order chi connectivity index (χ0) is 16.7. The zero-order valence-electron chi connectivity index (χ0n) is 12.8. The molecule has 4 heteroatoms. The van der Waals surface area contributed by atoms with Crippen molar-refractivity contribution in [3.63, 3.8) is 0 Å². The molecule has 0 spiro atoms. The monoisotopic (exact) mass is 372 g/mol. The lowest BCUT2D eigenvalue weighted by Gasteiger charge is -2.08. The molecule has 118 valence electrons. The summed E-state index contributed by atoms with van der Waals surface area (Å²) in [6, 6.07) is 16.4. The molecule has 2 aromatic rings. The molecular formula is C19H17BrO3. The predicted molar refractivity (Wildman–Crippen MR) is 94.1 cm³/mol. The predicted octanol–water partition coefficient (Wildman–Crippen LogP) is 4.67. The maximum atomic E-state index is 12.4. The maximum absolute atomic E-state index is 12.4. The van der Waals surface area contributed by atoms with E-state index in [-0.39, 0.29) is 18.8 Å². The van der Waals surface area contributed by atoms with Crippen molar-refractivity contribution >= 4 is 33.8 Å². The lowest BCUT2D eigenvalue weighted by molar-refractivity contribution is -0.138. The minimum absolute atomic E-state index is 0.00415. The molecule has 0 atom stereocenters. The third-order valence-electron chi connectivity index (χ3n) is 3.22. The van der Waals surface area contributed by atoms with E-state index < -0.39 is 5.97 Å². The van der Waals surface area contributed by atoms with E-state index in [4.69, 9.17) is 4.74 Å². The van der Waals surface area contributed by atoms with E-state index in [0.29, 0.717) is 11.1 Å². The van der Waals surface area contributed by atoms with Gasteiger partial charge in [0.2, 0.25) is 0 Å². The number of hydrogen-bond acceptors (Lipinski definition) is 3. The number of halogens is 1. The number of hydrogen-bond donors (Lipinski definition) is 0. The average molecular weight is 373 g/mol. The molecule has 0 aromatic heterocycles. The molecule has 0 N–H and O–H groups in total. The lowest BCUT2D eigenvalue weighted by atomic mass is 10.0. The highest BCUT2D eigenvalue weighted by Crippen LogP contribution is 2.21. The van der Waals surface area contributed by atoms with Crippen LogP contribution in [0, 0.1) is 0 Å². The normalized spacial score (nSPS) is 11.1. The van der Waals surface area contributed by atoms with Crippen LogP contribution in [0.4, 0.5) is 0 Å². The zero-order valence-corrected chi connectivity index (χ0v) is 14.4. The average Bonchev–Trinajstić information content (AvgIpc) is 2.57. The Bertz CT molecular complexity index is 720. The third kappa shape index (κ3) is 4.89. The van der Waals surface area contributed by atoms with Crippen molar-refractivity contribution in [3.05, 3.63) is 75.8 Å². The van der Waals surface area contributed by atoms with Crippen molar-refractivity contribution in [2.75, 3.05) is 6.61 Å². The SMILES string of the molecule is CCOC(=O)/C(=C/c1ccccc1Br)CC(=O)c1ccccc1. The minimum Gasteiger partial charge on any atom is -0.463 e. The van der Waals surface area contributed by atoms with Crippen LogP contribution in [0.1, 0.15) is 29.3 Å². The summed E-state index contributed by atoms with van der Waals surface area (Å²) in [5.41, 5.74) is 1.75. The van der Waals surface area contributed by atoms with Crippen molar-refractivity contribution in [1.82, 2.24) is 0 Å². The van der Waals surface area contributed by atoms with Gasteiger partial charge in [0.25, 0.3) is 0 Å². The second-order valence-corrected chi connectivity index (χ2v) is 5.73. The van der Waals surface area contributed by atoms with E-state index in [0.717, 1.165) is 10.0 Å². The Hall–Kier alpha value is -2.20. The highest BCUT2D eigenvalue weighted by atomic mass is 79.9. The molecule has 0 aliphatic carbocycles. The van der Waals surface area contributed by atoms with Gasteiger partial charge in [0, 0.05) is 22.0 Å². The molecule has 23 heavy (non-hydrogen) atoms. The molecule has 0 amide bonds. The first kappa shape index (κ1) is 17.2. The first-order valence-electron chi connectivity index (χ1n) is 7.32. The highest BCUT2D eigenvalue weighted by Gasteiger charge is 2.17. The third-order valence-corrected chi connectivity index (χ3v) is 3.94. The summed E-state index contributed by atoms with van der Waals surface area (Å²) in [5, 5.41) is 0. The summed E-state index contributed by atoms with van der Waals surface area (Å²) in [7, 11) is 0. The van der Waals surface area contributed by atoms with E-state index in [1.54, 1.807) is 37.3 Å². The summed E-state index contributed by atoms with van der Waals surface area (Å²) in [4.78, 5) is 24.5. The summed E-state index contributed by atoms with van der Waals surface area (Å²) < 4.78 is 5.93. The first-order chi connectivity index (χ1) is 11.1. The number of carbonyl (C=O) groups is 2. The molecule has 0 saturated carbocycles. The van der Waals surface area contributed by atoms with Gasteiger partial charge in [0.1, 0.15) is 0 Å². The number of carbonyl (C=O) groups excluding carboxylic acids is 2. The Balaban J connectivity index is 2.30. The van der Waals surface area contributed by atoms with E-state index in [2.05, 4.69) is 15.9 Å². The van der Waals surface area contributed by atoms with Gasteiger partial charge in [-0.25, -0.2) is 4.79 Å². The van der Waals surface area contributed by atoms with Gasteiger partial charge in [-0.2, -0.15) is 0 Å². The number of Topliss-reactive ketones (excluding diaryl/α,β-unsaturated/α-hetero) is 1. The number of ether oxygens (including phenoxy) is 1. The largest absolute Gasteiger partial charge is 0.463 e. The smallest absolute Gasteiger partial charge is 0.334 e. The lowest BCUT2D eigenvalue weighted by Crippen LogP contribution is -2.12. The van der Waals surface area contributed by atoms with Gasteiger partial charge in [-0.05, 0) is 24.6 Å².